The van der Waals surface area contributed by atoms with Crippen molar-refractivity contribution < 1.29 is 4.79 Å². The van der Waals surface area contributed by atoms with Gasteiger partial charge in [0.2, 0.25) is 5.91 Å². The molecule has 0 aliphatic rings. The molecule has 112 valence electrons. The molecule has 1 unspecified atom stereocenters. The quantitative estimate of drug-likeness (QED) is 0.894. The molecule has 1 atom stereocenters. The second-order valence-corrected chi connectivity index (χ2v) is 6.75. The summed E-state index contributed by atoms with van der Waals surface area (Å²) in [5.41, 5.74) is 3.23. The van der Waals surface area contributed by atoms with Crippen molar-refractivity contribution >= 4 is 34.5 Å². The van der Waals surface area contributed by atoms with E-state index < -0.39 is 0 Å². The van der Waals surface area contributed by atoms with Crippen LogP contribution in [0.2, 0.25) is 4.34 Å². The summed E-state index contributed by atoms with van der Waals surface area (Å²) in [5, 5.41) is 5.49. The Morgan fingerprint density at radius 2 is 2.00 bits per heavy atom. The molecule has 0 aliphatic heterocycles. The van der Waals surface area contributed by atoms with Gasteiger partial charge in [-0.25, -0.2) is 0 Å². The first kappa shape index (κ1) is 15.9. The van der Waals surface area contributed by atoms with Gasteiger partial charge >= 0.3 is 0 Å². The van der Waals surface area contributed by atoms with E-state index in [1.165, 1.54) is 16.9 Å². The largest absolute Gasteiger partial charge is 0.378 e. The maximum Gasteiger partial charge on any atom is 0.226 e. The van der Waals surface area contributed by atoms with Crippen molar-refractivity contribution in [1.29, 1.82) is 0 Å². The Bertz CT molecular complexity index is 607. The number of likely N-dealkylation sites (N-methyl/N-ethyl adjacent to an activating group) is 1. The van der Waals surface area contributed by atoms with E-state index in [1.54, 1.807) is 19.0 Å². The van der Waals surface area contributed by atoms with E-state index in [4.69, 9.17) is 11.6 Å². The number of thiophene rings is 1. The highest BCUT2D eigenvalue weighted by Crippen LogP contribution is 2.27. The minimum absolute atomic E-state index is 0.108. The van der Waals surface area contributed by atoms with Crippen LogP contribution in [-0.2, 0) is 11.2 Å². The van der Waals surface area contributed by atoms with Crippen LogP contribution in [0.4, 0.5) is 5.69 Å². The van der Waals surface area contributed by atoms with Crippen LogP contribution in [-0.4, -0.2) is 24.9 Å². The van der Waals surface area contributed by atoms with E-state index in [-0.39, 0.29) is 11.9 Å². The molecule has 5 heteroatoms. The van der Waals surface area contributed by atoms with E-state index in [9.17, 15) is 4.79 Å². The van der Waals surface area contributed by atoms with Crippen LogP contribution in [0, 0.1) is 0 Å². The third-order valence-corrected chi connectivity index (χ3v) is 4.39. The molecule has 1 amide bonds. The van der Waals surface area contributed by atoms with Crippen LogP contribution in [0.1, 0.15) is 24.1 Å². The van der Waals surface area contributed by atoms with Crippen LogP contribution < -0.4 is 5.32 Å². The van der Waals surface area contributed by atoms with Gasteiger partial charge in [0.05, 0.1) is 10.8 Å². The molecule has 0 aliphatic carbocycles. The fraction of sp³-hybridized carbons (Fsp3) is 0.312. The minimum atomic E-state index is 0.108. The number of hydrogen-bond donors (Lipinski definition) is 1. The molecule has 2 aromatic rings. The molecule has 0 saturated carbocycles. The highest BCUT2D eigenvalue weighted by atomic mass is 35.5. The van der Waals surface area contributed by atoms with E-state index in [0.717, 1.165) is 15.6 Å². The summed E-state index contributed by atoms with van der Waals surface area (Å²) < 4.78 is 0.802. The lowest BCUT2D eigenvalue weighted by Crippen LogP contribution is -2.23. The molecule has 0 fully saturated rings. The van der Waals surface area contributed by atoms with Gasteiger partial charge in [0.15, 0.2) is 0 Å². The molecule has 2 rings (SSSR count). The zero-order valence-electron chi connectivity index (χ0n) is 12.4. The lowest BCUT2D eigenvalue weighted by atomic mass is 10.1. The molecular weight excluding hydrogens is 304 g/mol. The number of anilines is 1. The van der Waals surface area contributed by atoms with Crippen molar-refractivity contribution in [3.05, 3.63) is 51.2 Å². The molecule has 0 spiro atoms. The van der Waals surface area contributed by atoms with Gasteiger partial charge < -0.3 is 10.2 Å². The second kappa shape index (κ2) is 6.96. The van der Waals surface area contributed by atoms with E-state index >= 15 is 0 Å². The highest BCUT2D eigenvalue weighted by molar-refractivity contribution is 7.14. The maximum absolute atomic E-state index is 11.7. The zero-order valence-corrected chi connectivity index (χ0v) is 14.0. The van der Waals surface area contributed by atoms with Gasteiger partial charge in [0.25, 0.3) is 0 Å². The average Bonchev–Trinajstić information content (AvgIpc) is 2.87. The number of hydrogen-bond acceptors (Lipinski definition) is 3. The monoisotopic (exact) mass is 322 g/mol. The third kappa shape index (κ3) is 4.48. The number of benzene rings is 1. The average molecular weight is 323 g/mol. The number of carbonyl (C=O) groups excluding carboxylic acids is 1. The van der Waals surface area contributed by atoms with Crippen molar-refractivity contribution in [2.75, 3.05) is 19.4 Å². The molecule has 1 N–H and O–H groups in total. The molecule has 1 aromatic carbocycles. The fourth-order valence-corrected chi connectivity index (χ4v) is 2.92. The van der Waals surface area contributed by atoms with Crippen molar-refractivity contribution in [3.8, 4) is 0 Å². The van der Waals surface area contributed by atoms with Crippen molar-refractivity contribution in [3.63, 3.8) is 0 Å². The Balaban J connectivity index is 1.97. The van der Waals surface area contributed by atoms with Gasteiger partial charge in [0, 0.05) is 25.8 Å². The lowest BCUT2D eigenvalue weighted by molar-refractivity contribution is -0.127. The summed E-state index contributed by atoms with van der Waals surface area (Å²) in [6, 6.07) is 10.1. The Kier molecular flexibility index (Phi) is 5.26. The summed E-state index contributed by atoms with van der Waals surface area (Å²) in [4.78, 5) is 13.3. The van der Waals surface area contributed by atoms with Gasteiger partial charge in [-0.1, -0.05) is 23.7 Å². The number of carbonyl (C=O) groups is 1. The van der Waals surface area contributed by atoms with Gasteiger partial charge in [0.1, 0.15) is 0 Å². The van der Waals surface area contributed by atoms with Crippen molar-refractivity contribution in [1.82, 2.24) is 4.90 Å². The Hall–Kier alpha value is -1.52. The number of halogens is 1. The first-order chi connectivity index (χ1) is 9.95. The summed E-state index contributed by atoms with van der Waals surface area (Å²) >= 11 is 7.50. The highest BCUT2D eigenvalue weighted by Gasteiger charge is 2.09. The number of rotatable bonds is 5. The van der Waals surface area contributed by atoms with Crippen LogP contribution in [0.25, 0.3) is 0 Å². The van der Waals surface area contributed by atoms with Crippen LogP contribution >= 0.6 is 22.9 Å². The summed E-state index contributed by atoms with van der Waals surface area (Å²) in [6.07, 6.45) is 0.434. The van der Waals surface area contributed by atoms with E-state index in [0.29, 0.717) is 6.42 Å². The first-order valence-corrected chi connectivity index (χ1v) is 8.01. The van der Waals surface area contributed by atoms with Gasteiger partial charge in [-0.3, -0.25) is 4.79 Å². The predicted molar refractivity (Wildman–Crippen MR) is 90.2 cm³/mol. The number of amides is 1. The van der Waals surface area contributed by atoms with Gasteiger partial charge in [-0.2, -0.15) is 0 Å². The zero-order chi connectivity index (χ0) is 15.4. The van der Waals surface area contributed by atoms with Crippen LogP contribution in [0.5, 0.6) is 0 Å². The normalized spacial score (nSPS) is 12.0. The fourth-order valence-electron chi connectivity index (χ4n) is 1.94. The first-order valence-electron chi connectivity index (χ1n) is 6.75. The second-order valence-electron chi connectivity index (χ2n) is 5.21. The Morgan fingerprint density at radius 1 is 1.33 bits per heavy atom. The summed E-state index contributed by atoms with van der Waals surface area (Å²) in [6.45, 7) is 2.10. The Labute approximate surface area is 134 Å². The smallest absolute Gasteiger partial charge is 0.226 e. The van der Waals surface area contributed by atoms with Crippen LogP contribution in [0.3, 0.4) is 0 Å². The van der Waals surface area contributed by atoms with E-state index in [1.807, 2.05) is 30.3 Å². The lowest BCUT2D eigenvalue weighted by Gasteiger charge is -2.15. The third-order valence-electron chi connectivity index (χ3n) is 3.28. The molecule has 0 bridgehead atoms. The molecule has 21 heavy (non-hydrogen) atoms. The number of nitrogens with zero attached hydrogens (tertiary/aromatic N) is 1. The molecule has 3 nitrogen and oxygen atoms in total. The van der Waals surface area contributed by atoms with Crippen molar-refractivity contribution in [2.45, 2.75) is 19.4 Å². The van der Waals surface area contributed by atoms with Gasteiger partial charge in [-0.05, 0) is 41.6 Å². The minimum Gasteiger partial charge on any atom is -0.378 e. The molecule has 1 heterocycles. The van der Waals surface area contributed by atoms with Crippen molar-refractivity contribution in [2.24, 2.45) is 0 Å². The summed E-state index contributed by atoms with van der Waals surface area (Å²) in [5.74, 6) is 0.108. The molecular formula is C16H19ClN2OS. The predicted octanol–water partition coefficient (Wildman–Crippen LogP) is 4.21. The molecule has 1 aromatic heterocycles. The molecule has 0 saturated heterocycles. The summed E-state index contributed by atoms with van der Waals surface area (Å²) in [7, 11) is 3.54. The Morgan fingerprint density at radius 3 is 2.52 bits per heavy atom. The standard InChI is InChI=1S/C16H19ClN2OS/c1-11(13-9-15(17)21-10-13)18-14-6-4-12(5-7-14)8-16(20)19(2)3/h4-7,9-11,18H,8H2,1-3H3. The van der Waals surface area contributed by atoms with Gasteiger partial charge in [-0.15, -0.1) is 11.3 Å². The van der Waals surface area contributed by atoms with E-state index in [2.05, 4.69) is 17.6 Å². The molecule has 0 radical (unpaired) electrons. The topological polar surface area (TPSA) is 32.3 Å². The maximum atomic E-state index is 11.7. The van der Waals surface area contributed by atoms with Crippen LogP contribution in [0.15, 0.2) is 35.7 Å². The SMILES string of the molecule is CC(Nc1ccc(CC(=O)N(C)C)cc1)c1csc(Cl)c1. The number of nitrogens with one attached hydrogen (secondary N) is 1.